The van der Waals surface area contributed by atoms with Gasteiger partial charge in [-0.3, -0.25) is 4.72 Å². The van der Waals surface area contributed by atoms with E-state index in [0.717, 1.165) is 9.98 Å². The number of hydrogen-bond acceptors (Lipinski definition) is 6. The van der Waals surface area contributed by atoms with Gasteiger partial charge in [0.05, 0.1) is 23.5 Å². The molecule has 0 unspecified atom stereocenters. The Bertz CT molecular complexity index is 1030. The quantitative estimate of drug-likeness (QED) is 0.753. The third-order valence-electron chi connectivity index (χ3n) is 4.27. The van der Waals surface area contributed by atoms with E-state index in [4.69, 9.17) is 4.42 Å². The molecule has 146 valence electrons. The van der Waals surface area contributed by atoms with Crippen molar-refractivity contribution in [1.82, 2.24) is 4.41 Å². The molecule has 0 radical (unpaired) electrons. The van der Waals surface area contributed by atoms with Gasteiger partial charge >= 0.3 is 0 Å². The van der Waals surface area contributed by atoms with Crippen LogP contribution in [0, 0.1) is 0 Å². The van der Waals surface area contributed by atoms with E-state index in [2.05, 4.69) is 9.82 Å². The minimum absolute atomic E-state index is 0.0177. The van der Waals surface area contributed by atoms with Gasteiger partial charge in [0, 0.05) is 12.1 Å². The van der Waals surface area contributed by atoms with Crippen molar-refractivity contribution in [2.75, 3.05) is 16.2 Å². The molecule has 27 heavy (non-hydrogen) atoms. The summed E-state index contributed by atoms with van der Waals surface area (Å²) in [5.74, 6) is 0.438. The van der Waals surface area contributed by atoms with Gasteiger partial charge in [-0.25, -0.2) is 16.8 Å². The molecule has 0 saturated heterocycles. The fraction of sp³-hybridized carbons (Fsp3) is 0.353. The summed E-state index contributed by atoms with van der Waals surface area (Å²) in [7, 11) is -6.91. The predicted octanol–water partition coefficient (Wildman–Crippen LogP) is 2.54. The van der Waals surface area contributed by atoms with Crippen LogP contribution in [-0.2, 0) is 20.0 Å². The number of furan rings is 1. The first-order valence-corrected chi connectivity index (χ1v) is 11.8. The Morgan fingerprint density at radius 1 is 1.11 bits per heavy atom. The largest absolute Gasteiger partial charge is 0.467 e. The normalized spacial score (nSPS) is 17.8. The molecule has 1 aliphatic heterocycles. The van der Waals surface area contributed by atoms with E-state index in [9.17, 15) is 16.8 Å². The highest BCUT2D eigenvalue weighted by Crippen LogP contribution is 2.35. The average molecular weight is 412 g/mol. The van der Waals surface area contributed by atoms with Crippen molar-refractivity contribution < 1.29 is 21.3 Å². The molecule has 0 aliphatic carbocycles. The number of nitrogens with one attached hydrogen (secondary N) is 1. The summed E-state index contributed by atoms with van der Waals surface area (Å²) in [6.07, 6.45) is 1.87. The van der Waals surface area contributed by atoms with E-state index in [0.29, 0.717) is 23.6 Å². The lowest BCUT2D eigenvalue weighted by Crippen LogP contribution is -2.28. The van der Waals surface area contributed by atoms with Crippen molar-refractivity contribution >= 4 is 31.4 Å². The second-order valence-electron chi connectivity index (χ2n) is 6.04. The summed E-state index contributed by atoms with van der Waals surface area (Å²) < 4.78 is 57.1. The van der Waals surface area contributed by atoms with Crippen molar-refractivity contribution in [3.05, 3.63) is 54.0 Å². The lowest BCUT2D eigenvalue weighted by molar-refractivity contribution is 0.320. The third kappa shape index (κ3) is 4.16. The number of nitrogens with zero attached hydrogens (tertiary/aromatic N) is 2. The Labute approximate surface area is 159 Å². The topological polar surface area (TPSA) is 109 Å². The van der Waals surface area contributed by atoms with Gasteiger partial charge in [0.2, 0.25) is 20.0 Å². The van der Waals surface area contributed by atoms with Gasteiger partial charge in [-0.2, -0.15) is 9.52 Å². The van der Waals surface area contributed by atoms with E-state index in [1.165, 1.54) is 6.26 Å². The molecular formula is C17H21N3O5S2. The molecule has 1 atom stereocenters. The van der Waals surface area contributed by atoms with Crippen LogP contribution in [0.1, 0.15) is 37.6 Å². The van der Waals surface area contributed by atoms with E-state index >= 15 is 0 Å². The first-order valence-electron chi connectivity index (χ1n) is 8.49. The molecule has 0 fully saturated rings. The van der Waals surface area contributed by atoms with Crippen LogP contribution < -0.4 is 4.72 Å². The maximum Gasteiger partial charge on any atom is 0.250 e. The van der Waals surface area contributed by atoms with Crippen LogP contribution in [0.5, 0.6) is 0 Å². The fourth-order valence-electron chi connectivity index (χ4n) is 2.73. The summed E-state index contributed by atoms with van der Waals surface area (Å²) >= 11 is 0. The number of benzene rings is 1. The summed E-state index contributed by atoms with van der Waals surface area (Å²) in [4.78, 5) is 0. The van der Waals surface area contributed by atoms with E-state index < -0.39 is 26.1 Å². The van der Waals surface area contributed by atoms with Crippen LogP contribution in [-0.4, -0.2) is 38.5 Å². The monoisotopic (exact) mass is 411 g/mol. The molecular weight excluding hydrogens is 390 g/mol. The number of hydrazone groups is 1. The van der Waals surface area contributed by atoms with Crippen LogP contribution in [0.3, 0.4) is 0 Å². The molecule has 1 aromatic heterocycles. The molecule has 3 rings (SSSR count). The van der Waals surface area contributed by atoms with Crippen molar-refractivity contribution in [2.24, 2.45) is 5.10 Å². The molecule has 1 N–H and O–H groups in total. The zero-order chi connectivity index (χ0) is 19.7. The SMILES string of the molecule is CCS(=O)(=O)Nc1ccc(C2=NN(S(=O)(=O)CC)[C@@H](c3ccco3)C2)cc1. The van der Waals surface area contributed by atoms with Gasteiger partial charge < -0.3 is 4.42 Å². The zero-order valence-electron chi connectivity index (χ0n) is 15.0. The molecule has 1 aromatic carbocycles. The minimum Gasteiger partial charge on any atom is -0.467 e. The van der Waals surface area contributed by atoms with E-state index in [1.54, 1.807) is 50.2 Å². The second-order valence-corrected chi connectivity index (χ2v) is 10.2. The van der Waals surface area contributed by atoms with E-state index in [-0.39, 0.29) is 11.5 Å². The highest BCUT2D eigenvalue weighted by molar-refractivity contribution is 7.92. The molecule has 8 nitrogen and oxygen atoms in total. The van der Waals surface area contributed by atoms with Crippen LogP contribution in [0.15, 0.2) is 52.2 Å². The molecule has 1 aliphatic rings. The van der Waals surface area contributed by atoms with Crippen molar-refractivity contribution in [3.8, 4) is 0 Å². The molecule has 2 heterocycles. The van der Waals surface area contributed by atoms with Gasteiger partial charge in [-0.05, 0) is 43.7 Å². The smallest absolute Gasteiger partial charge is 0.250 e. The minimum atomic E-state index is -3.56. The molecule has 10 heteroatoms. The Hall–Kier alpha value is -2.33. The Kier molecular flexibility index (Phi) is 5.29. The summed E-state index contributed by atoms with van der Waals surface area (Å²) in [6.45, 7) is 3.12. The molecule has 0 bridgehead atoms. The number of anilines is 1. The number of rotatable bonds is 7. The van der Waals surface area contributed by atoms with Crippen LogP contribution in [0.25, 0.3) is 0 Å². The van der Waals surface area contributed by atoms with Crippen molar-refractivity contribution in [3.63, 3.8) is 0 Å². The maximum atomic E-state index is 12.4. The average Bonchev–Trinajstić information content (AvgIpc) is 3.32. The first-order chi connectivity index (χ1) is 12.8. The fourth-order valence-corrected chi connectivity index (χ4v) is 4.42. The first kappa shape index (κ1) is 19.4. The Morgan fingerprint density at radius 2 is 1.81 bits per heavy atom. The third-order valence-corrected chi connectivity index (χ3v) is 7.21. The Morgan fingerprint density at radius 3 is 2.37 bits per heavy atom. The lowest BCUT2D eigenvalue weighted by atomic mass is 10.0. The molecule has 2 aromatic rings. The van der Waals surface area contributed by atoms with Gasteiger partial charge in [0.15, 0.2) is 0 Å². The molecule has 0 saturated carbocycles. The summed E-state index contributed by atoms with van der Waals surface area (Å²) in [6, 6.07) is 9.59. The van der Waals surface area contributed by atoms with Crippen LogP contribution >= 0.6 is 0 Å². The van der Waals surface area contributed by atoms with Gasteiger partial charge in [-0.15, -0.1) is 0 Å². The molecule has 0 amide bonds. The lowest BCUT2D eigenvalue weighted by Gasteiger charge is -2.20. The Balaban J connectivity index is 1.89. The number of sulfonamides is 2. The predicted molar refractivity (Wildman–Crippen MR) is 103 cm³/mol. The summed E-state index contributed by atoms with van der Waals surface area (Å²) in [5.41, 5.74) is 1.76. The van der Waals surface area contributed by atoms with Crippen LogP contribution in [0.4, 0.5) is 5.69 Å². The highest BCUT2D eigenvalue weighted by atomic mass is 32.2. The van der Waals surface area contributed by atoms with Gasteiger partial charge in [0.25, 0.3) is 0 Å². The van der Waals surface area contributed by atoms with Crippen molar-refractivity contribution in [2.45, 2.75) is 26.3 Å². The summed E-state index contributed by atoms with van der Waals surface area (Å²) in [5, 5.41) is 4.32. The van der Waals surface area contributed by atoms with E-state index in [1.807, 2.05) is 0 Å². The standard InChI is InChI=1S/C17H21N3O5S2/c1-3-26(21,22)19-14-9-7-13(8-10-14)15-12-16(17-6-5-11-25-17)20(18-15)27(23,24)4-2/h5-11,16,19H,3-4,12H2,1-2H3/t16-/m1/s1. The van der Waals surface area contributed by atoms with Crippen molar-refractivity contribution in [1.29, 1.82) is 0 Å². The maximum absolute atomic E-state index is 12.4. The second kappa shape index (κ2) is 7.35. The number of hydrogen-bond donors (Lipinski definition) is 1. The van der Waals surface area contributed by atoms with Gasteiger partial charge in [-0.1, -0.05) is 12.1 Å². The molecule has 0 spiro atoms. The van der Waals surface area contributed by atoms with Gasteiger partial charge in [0.1, 0.15) is 11.8 Å². The highest BCUT2D eigenvalue weighted by Gasteiger charge is 2.37. The van der Waals surface area contributed by atoms with Crippen LogP contribution in [0.2, 0.25) is 0 Å². The zero-order valence-corrected chi connectivity index (χ0v) is 16.6.